The summed E-state index contributed by atoms with van der Waals surface area (Å²) in [4.78, 5) is 11.5. The second-order valence-electron chi connectivity index (χ2n) is 4.69. The van der Waals surface area contributed by atoms with Gasteiger partial charge in [0.1, 0.15) is 5.82 Å². The molecule has 0 aliphatic heterocycles. The van der Waals surface area contributed by atoms with Gasteiger partial charge in [0.25, 0.3) is 0 Å². The Morgan fingerprint density at radius 1 is 1.30 bits per heavy atom. The van der Waals surface area contributed by atoms with Crippen LogP contribution in [0.3, 0.4) is 0 Å². The molecule has 1 atom stereocenters. The number of halogens is 2. The zero-order chi connectivity index (χ0) is 14.7. The maximum Gasteiger partial charge on any atom is 0.311 e. The summed E-state index contributed by atoms with van der Waals surface area (Å²) in [6, 6.07) is 11.4. The van der Waals surface area contributed by atoms with Crippen LogP contribution < -0.4 is 0 Å². The number of benzene rings is 2. The highest BCUT2D eigenvalue weighted by Gasteiger charge is 2.22. The number of hydrogen-bond acceptors (Lipinski definition) is 1. The van der Waals surface area contributed by atoms with Crippen LogP contribution in [0.4, 0.5) is 4.39 Å². The molecule has 1 N–H and O–H groups in total. The minimum Gasteiger partial charge on any atom is -0.481 e. The normalized spacial score (nSPS) is 12.2. The van der Waals surface area contributed by atoms with Gasteiger partial charge in [-0.05, 0) is 42.2 Å². The second-order valence-corrected chi connectivity index (χ2v) is 5.09. The molecule has 2 nitrogen and oxygen atoms in total. The highest BCUT2D eigenvalue weighted by Crippen LogP contribution is 2.28. The van der Waals surface area contributed by atoms with Gasteiger partial charge in [-0.25, -0.2) is 4.39 Å². The van der Waals surface area contributed by atoms with E-state index in [9.17, 15) is 14.3 Å². The van der Waals surface area contributed by atoms with Gasteiger partial charge in [-0.2, -0.15) is 0 Å². The summed E-state index contributed by atoms with van der Waals surface area (Å²) in [5.74, 6) is -2.04. The summed E-state index contributed by atoms with van der Waals surface area (Å²) in [5.41, 5.74) is 2.29. The molecule has 104 valence electrons. The zero-order valence-corrected chi connectivity index (χ0v) is 11.7. The van der Waals surface area contributed by atoms with E-state index in [1.807, 2.05) is 25.1 Å². The Labute approximate surface area is 121 Å². The molecule has 2 aromatic carbocycles. The molecular formula is C16H14ClFO2. The summed E-state index contributed by atoms with van der Waals surface area (Å²) >= 11 is 5.97. The van der Waals surface area contributed by atoms with E-state index in [0.29, 0.717) is 5.56 Å². The lowest BCUT2D eigenvalue weighted by atomic mass is 9.89. The van der Waals surface area contributed by atoms with E-state index in [4.69, 9.17) is 11.6 Å². The first-order chi connectivity index (χ1) is 9.49. The van der Waals surface area contributed by atoms with Crippen molar-refractivity contribution in [2.24, 2.45) is 0 Å². The Balaban J connectivity index is 2.36. The number of hydrogen-bond donors (Lipinski definition) is 1. The van der Waals surface area contributed by atoms with Crippen molar-refractivity contribution in [3.05, 3.63) is 70.0 Å². The molecule has 0 aromatic heterocycles. The molecule has 0 fully saturated rings. The predicted octanol–water partition coefficient (Wildman–Crippen LogP) is 4.20. The lowest BCUT2D eigenvalue weighted by Gasteiger charge is -2.16. The molecule has 0 bridgehead atoms. The van der Waals surface area contributed by atoms with Crippen LogP contribution in [0.1, 0.15) is 22.6 Å². The van der Waals surface area contributed by atoms with Crippen molar-refractivity contribution in [1.29, 1.82) is 0 Å². The summed E-state index contributed by atoms with van der Waals surface area (Å²) in [6.07, 6.45) is 0.235. The minimum absolute atomic E-state index is 0.235. The fraction of sp³-hybridized carbons (Fsp3) is 0.188. The van der Waals surface area contributed by atoms with Crippen LogP contribution in [-0.4, -0.2) is 11.1 Å². The molecule has 2 rings (SSSR count). The molecule has 20 heavy (non-hydrogen) atoms. The van der Waals surface area contributed by atoms with Crippen molar-refractivity contribution < 1.29 is 14.3 Å². The molecular weight excluding hydrogens is 279 g/mol. The number of carboxylic acid groups (broad SMARTS) is 1. The average molecular weight is 293 g/mol. The summed E-state index contributed by atoms with van der Waals surface area (Å²) in [5, 5.41) is 9.70. The molecule has 0 amide bonds. The van der Waals surface area contributed by atoms with Gasteiger partial charge in [0.2, 0.25) is 0 Å². The second kappa shape index (κ2) is 6.06. The van der Waals surface area contributed by atoms with E-state index in [1.165, 1.54) is 18.2 Å². The van der Waals surface area contributed by atoms with Crippen molar-refractivity contribution >= 4 is 17.6 Å². The monoisotopic (exact) mass is 292 g/mol. The van der Waals surface area contributed by atoms with Crippen molar-refractivity contribution in [1.82, 2.24) is 0 Å². The first-order valence-electron chi connectivity index (χ1n) is 6.21. The van der Waals surface area contributed by atoms with Gasteiger partial charge in [0.15, 0.2) is 0 Å². The van der Waals surface area contributed by atoms with Gasteiger partial charge in [-0.15, -0.1) is 0 Å². The smallest absolute Gasteiger partial charge is 0.311 e. The van der Waals surface area contributed by atoms with Crippen LogP contribution in [0, 0.1) is 12.7 Å². The van der Waals surface area contributed by atoms with Gasteiger partial charge in [0, 0.05) is 5.02 Å². The van der Waals surface area contributed by atoms with E-state index < -0.39 is 17.7 Å². The first kappa shape index (κ1) is 14.5. The highest BCUT2D eigenvalue weighted by atomic mass is 35.5. The molecule has 0 heterocycles. The van der Waals surface area contributed by atoms with Crippen molar-refractivity contribution in [2.75, 3.05) is 0 Å². The van der Waals surface area contributed by atoms with Gasteiger partial charge in [-0.1, -0.05) is 41.9 Å². The quantitative estimate of drug-likeness (QED) is 0.917. The van der Waals surface area contributed by atoms with Crippen molar-refractivity contribution in [3.63, 3.8) is 0 Å². The molecule has 1 unspecified atom stereocenters. The lowest BCUT2D eigenvalue weighted by Crippen LogP contribution is -2.15. The van der Waals surface area contributed by atoms with Gasteiger partial charge in [0.05, 0.1) is 5.92 Å². The first-order valence-corrected chi connectivity index (χ1v) is 6.59. The van der Waals surface area contributed by atoms with Crippen LogP contribution in [0.5, 0.6) is 0 Å². The molecule has 0 spiro atoms. The van der Waals surface area contributed by atoms with Crippen molar-refractivity contribution in [3.8, 4) is 0 Å². The lowest BCUT2D eigenvalue weighted by molar-refractivity contribution is -0.138. The molecule has 2 aromatic rings. The van der Waals surface area contributed by atoms with Crippen molar-refractivity contribution in [2.45, 2.75) is 19.3 Å². The third kappa shape index (κ3) is 3.17. The van der Waals surface area contributed by atoms with E-state index >= 15 is 0 Å². The Morgan fingerprint density at radius 2 is 2.00 bits per heavy atom. The molecule has 0 saturated carbocycles. The van der Waals surface area contributed by atoms with Crippen LogP contribution in [0.15, 0.2) is 42.5 Å². The van der Waals surface area contributed by atoms with E-state index in [-0.39, 0.29) is 11.4 Å². The van der Waals surface area contributed by atoms with Gasteiger partial charge < -0.3 is 5.11 Å². The third-order valence-electron chi connectivity index (χ3n) is 3.30. The third-order valence-corrected chi connectivity index (χ3v) is 3.65. The standard InChI is InChI=1S/C16H14ClFO2/c1-10-4-2-3-5-13(10)14(16(19)20)8-11-6-7-12(18)9-15(11)17/h2-7,9,14H,8H2,1H3,(H,19,20). The SMILES string of the molecule is Cc1ccccc1C(Cc1ccc(F)cc1Cl)C(=O)O. The average Bonchev–Trinajstić information content (AvgIpc) is 2.39. The summed E-state index contributed by atoms with van der Waals surface area (Å²) in [7, 11) is 0. The summed E-state index contributed by atoms with van der Waals surface area (Å²) in [6.45, 7) is 1.87. The van der Waals surface area contributed by atoms with E-state index in [0.717, 1.165) is 11.1 Å². The van der Waals surface area contributed by atoms with E-state index in [1.54, 1.807) is 6.07 Å². The Hall–Kier alpha value is -1.87. The highest BCUT2D eigenvalue weighted by molar-refractivity contribution is 6.31. The number of carboxylic acids is 1. The van der Waals surface area contributed by atoms with Crippen LogP contribution >= 0.6 is 11.6 Å². The fourth-order valence-electron chi connectivity index (χ4n) is 2.22. The molecule has 4 heteroatoms. The van der Waals surface area contributed by atoms with Gasteiger partial charge in [-0.3, -0.25) is 4.79 Å². The van der Waals surface area contributed by atoms with Crippen LogP contribution in [0.25, 0.3) is 0 Å². The Kier molecular flexibility index (Phi) is 4.40. The number of carbonyl (C=O) groups is 1. The van der Waals surface area contributed by atoms with Gasteiger partial charge >= 0.3 is 5.97 Å². The maximum absolute atomic E-state index is 13.0. The molecule has 0 saturated heterocycles. The largest absolute Gasteiger partial charge is 0.481 e. The number of rotatable bonds is 4. The summed E-state index contributed by atoms with van der Waals surface area (Å²) < 4.78 is 13.0. The molecule has 0 aliphatic rings. The zero-order valence-electron chi connectivity index (χ0n) is 10.9. The number of aliphatic carboxylic acids is 1. The minimum atomic E-state index is -0.917. The Bertz CT molecular complexity index is 640. The maximum atomic E-state index is 13.0. The fourth-order valence-corrected chi connectivity index (χ4v) is 2.46. The predicted molar refractivity (Wildman–Crippen MR) is 76.7 cm³/mol. The number of aryl methyl sites for hydroxylation is 1. The van der Waals surface area contributed by atoms with Crippen LogP contribution in [-0.2, 0) is 11.2 Å². The van der Waals surface area contributed by atoms with Crippen LogP contribution in [0.2, 0.25) is 5.02 Å². The molecule has 0 radical (unpaired) electrons. The van der Waals surface area contributed by atoms with E-state index in [2.05, 4.69) is 0 Å². The molecule has 0 aliphatic carbocycles. The Morgan fingerprint density at radius 3 is 2.60 bits per heavy atom. The topological polar surface area (TPSA) is 37.3 Å².